The fraction of sp³-hybridized carbons (Fsp3) is 0.609. The van der Waals surface area contributed by atoms with Gasteiger partial charge in [-0.25, -0.2) is 0 Å². The third-order valence-corrected chi connectivity index (χ3v) is 5.21. The maximum atomic E-state index is 9.32. The van der Waals surface area contributed by atoms with Crippen LogP contribution in [0.3, 0.4) is 0 Å². The molecule has 2 rings (SSSR count). The van der Waals surface area contributed by atoms with Gasteiger partial charge in [-0.2, -0.15) is 0 Å². The third-order valence-electron chi connectivity index (χ3n) is 5.21. The average Bonchev–Trinajstić information content (AvgIpc) is 2.64. The maximum absolute atomic E-state index is 9.32. The van der Waals surface area contributed by atoms with Crippen LogP contribution in [0.1, 0.15) is 76.7 Å². The lowest BCUT2D eigenvalue weighted by Crippen LogP contribution is -2.14. The monoisotopic (exact) mass is 343 g/mol. The molecule has 1 aliphatic rings. The van der Waals surface area contributed by atoms with Gasteiger partial charge in [-0.1, -0.05) is 50.8 Å². The summed E-state index contributed by atoms with van der Waals surface area (Å²) in [6.45, 7) is 4.10. The molecule has 0 radical (unpaired) electrons. The molecule has 0 N–H and O–H groups in total. The number of benzene rings is 1. The number of nitrogens with zero attached hydrogens (tertiary/aromatic N) is 1. The van der Waals surface area contributed by atoms with Crippen molar-refractivity contribution in [2.45, 2.75) is 71.1 Å². The quantitative estimate of drug-likeness (QED) is 0.326. The number of carbonyl (C=O) groups is 1. The minimum Gasteiger partial charge on any atom is -0.378 e. The lowest BCUT2D eigenvalue weighted by Gasteiger charge is -2.29. The Bertz CT molecular complexity index is 481. The van der Waals surface area contributed by atoms with E-state index in [-0.39, 0.29) is 0 Å². The Morgan fingerprint density at radius 3 is 2.12 bits per heavy atom. The summed E-state index contributed by atoms with van der Waals surface area (Å²) in [5.74, 6) is 1.83. The molecule has 0 bridgehead atoms. The zero-order chi connectivity index (χ0) is 18.5. The van der Waals surface area contributed by atoms with Gasteiger partial charge in [0.25, 0.3) is 0 Å². The molecular weight excluding hydrogens is 306 g/mol. The molecule has 0 atom stereocenters. The summed E-state index contributed by atoms with van der Waals surface area (Å²) < 4.78 is 0. The van der Waals surface area contributed by atoms with Crippen LogP contribution in [0.15, 0.2) is 36.4 Å². The van der Waals surface area contributed by atoms with Crippen LogP contribution in [0.25, 0.3) is 0 Å². The molecule has 1 aromatic carbocycles. The number of allylic oxidation sites excluding steroid dienone is 2. The van der Waals surface area contributed by atoms with E-state index >= 15 is 0 Å². The van der Waals surface area contributed by atoms with Crippen LogP contribution in [-0.2, 0) is 4.79 Å². The van der Waals surface area contributed by atoms with Crippen LogP contribution in [0.4, 0.5) is 5.69 Å². The van der Waals surface area contributed by atoms with Crippen LogP contribution in [-0.4, -0.2) is 20.4 Å². The van der Waals surface area contributed by atoms with E-state index in [2.05, 4.69) is 50.2 Å². The first kappa shape index (κ1) is 21.5. The van der Waals surface area contributed by atoms with Gasteiger partial charge in [-0.15, -0.1) is 0 Å². The number of carbonyl (C=O) groups excluding carboxylic acids is 1. The number of unbranched alkanes of at least 4 members (excludes halogenated alkanes) is 2. The van der Waals surface area contributed by atoms with Crippen molar-refractivity contribution in [3.63, 3.8) is 0 Å². The van der Waals surface area contributed by atoms with Gasteiger partial charge >= 0.3 is 0 Å². The van der Waals surface area contributed by atoms with Gasteiger partial charge in [0.05, 0.1) is 0 Å². The maximum Gasteiger partial charge on any atom is 0.142 e. The lowest BCUT2D eigenvalue weighted by atomic mass is 9.77. The molecule has 0 saturated heterocycles. The van der Waals surface area contributed by atoms with Crippen molar-refractivity contribution in [3.05, 3.63) is 42.0 Å². The van der Waals surface area contributed by atoms with E-state index in [0.29, 0.717) is 0 Å². The second-order valence-corrected chi connectivity index (χ2v) is 7.36. The van der Waals surface area contributed by atoms with Crippen LogP contribution >= 0.6 is 0 Å². The number of rotatable bonds is 7. The Balaban J connectivity index is 0.000000550. The second-order valence-electron chi connectivity index (χ2n) is 7.36. The van der Waals surface area contributed by atoms with Crippen molar-refractivity contribution < 1.29 is 4.79 Å². The highest BCUT2D eigenvalue weighted by atomic mass is 16.1. The Hall–Kier alpha value is -1.57. The molecule has 1 fully saturated rings. The predicted octanol–water partition coefficient (Wildman–Crippen LogP) is 6.37. The van der Waals surface area contributed by atoms with E-state index in [9.17, 15) is 4.79 Å². The summed E-state index contributed by atoms with van der Waals surface area (Å²) in [7, 11) is 4.22. The van der Waals surface area contributed by atoms with Crippen LogP contribution < -0.4 is 4.90 Å². The predicted molar refractivity (Wildman–Crippen MR) is 110 cm³/mol. The SMILES string of the molecule is C/C=C/C=O.CCCCCC1CCC(c2ccc(N(C)C)cc2)CC1. The molecule has 0 aliphatic heterocycles. The van der Waals surface area contributed by atoms with Gasteiger partial charge in [0.2, 0.25) is 0 Å². The summed E-state index contributed by atoms with van der Waals surface area (Å²) in [5.41, 5.74) is 2.87. The van der Waals surface area contributed by atoms with Gasteiger partial charge in [0, 0.05) is 19.8 Å². The minimum atomic E-state index is 0.750. The van der Waals surface area contributed by atoms with E-state index in [1.807, 2.05) is 0 Å². The van der Waals surface area contributed by atoms with Crippen molar-refractivity contribution in [1.82, 2.24) is 0 Å². The van der Waals surface area contributed by atoms with E-state index < -0.39 is 0 Å². The summed E-state index contributed by atoms with van der Waals surface area (Å²) in [6.07, 6.45) is 15.3. The van der Waals surface area contributed by atoms with Crippen molar-refractivity contribution in [1.29, 1.82) is 0 Å². The molecule has 2 nitrogen and oxygen atoms in total. The normalized spacial score (nSPS) is 20.0. The minimum absolute atomic E-state index is 0.750. The van der Waals surface area contributed by atoms with E-state index in [1.165, 1.54) is 63.1 Å². The zero-order valence-corrected chi connectivity index (χ0v) is 16.7. The largest absolute Gasteiger partial charge is 0.378 e. The molecular formula is C23H37NO. The molecule has 1 saturated carbocycles. The molecule has 0 heterocycles. The Labute approximate surface area is 155 Å². The smallest absolute Gasteiger partial charge is 0.142 e. The first-order chi connectivity index (χ1) is 12.1. The van der Waals surface area contributed by atoms with E-state index in [1.54, 1.807) is 18.6 Å². The van der Waals surface area contributed by atoms with Crippen molar-refractivity contribution in [3.8, 4) is 0 Å². The lowest BCUT2D eigenvalue weighted by molar-refractivity contribution is -0.104. The van der Waals surface area contributed by atoms with Crippen LogP contribution in [0, 0.1) is 5.92 Å². The zero-order valence-electron chi connectivity index (χ0n) is 16.7. The summed E-state index contributed by atoms with van der Waals surface area (Å²) in [6, 6.07) is 9.22. The summed E-state index contributed by atoms with van der Waals surface area (Å²) >= 11 is 0. The highest BCUT2D eigenvalue weighted by molar-refractivity contribution is 5.64. The number of hydrogen-bond donors (Lipinski definition) is 0. The van der Waals surface area contributed by atoms with E-state index in [0.717, 1.165) is 18.1 Å². The van der Waals surface area contributed by atoms with Gasteiger partial charge < -0.3 is 4.90 Å². The molecule has 0 aromatic heterocycles. The fourth-order valence-corrected chi connectivity index (χ4v) is 3.59. The Morgan fingerprint density at radius 2 is 1.68 bits per heavy atom. The molecule has 1 aliphatic carbocycles. The molecule has 1 aromatic rings. The second kappa shape index (κ2) is 12.7. The molecule has 140 valence electrons. The van der Waals surface area contributed by atoms with Crippen molar-refractivity contribution in [2.75, 3.05) is 19.0 Å². The summed E-state index contributed by atoms with van der Waals surface area (Å²) in [5, 5.41) is 0. The highest BCUT2D eigenvalue weighted by Crippen LogP contribution is 2.38. The topological polar surface area (TPSA) is 20.3 Å². The summed E-state index contributed by atoms with van der Waals surface area (Å²) in [4.78, 5) is 11.5. The molecule has 0 spiro atoms. The fourth-order valence-electron chi connectivity index (χ4n) is 3.59. The van der Waals surface area contributed by atoms with Crippen molar-refractivity contribution >= 4 is 12.0 Å². The number of aldehydes is 1. The Kier molecular flexibility index (Phi) is 10.9. The number of hydrogen-bond acceptors (Lipinski definition) is 2. The Morgan fingerprint density at radius 1 is 1.04 bits per heavy atom. The number of anilines is 1. The van der Waals surface area contributed by atoms with Gasteiger partial charge in [-0.05, 0) is 68.2 Å². The third kappa shape index (κ3) is 8.38. The molecule has 0 unspecified atom stereocenters. The van der Waals surface area contributed by atoms with Gasteiger partial charge in [0.15, 0.2) is 0 Å². The van der Waals surface area contributed by atoms with E-state index in [4.69, 9.17) is 0 Å². The van der Waals surface area contributed by atoms with Crippen LogP contribution in [0.2, 0.25) is 0 Å². The first-order valence-corrected chi connectivity index (χ1v) is 9.96. The van der Waals surface area contributed by atoms with Gasteiger partial charge in [0.1, 0.15) is 6.29 Å². The molecule has 25 heavy (non-hydrogen) atoms. The first-order valence-electron chi connectivity index (χ1n) is 9.96. The van der Waals surface area contributed by atoms with Crippen LogP contribution in [0.5, 0.6) is 0 Å². The van der Waals surface area contributed by atoms with Crippen molar-refractivity contribution in [2.24, 2.45) is 5.92 Å². The molecule has 0 amide bonds. The molecule has 2 heteroatoms. The standard InChI is InChI=1S/C19H31N.C4H6O/c1-4-5-6-7-16-8-10-17(11-9-16)18-12-14-19(15-13-18)20(2)3;1-2-3-4-5/h12-17H,4-11H2,1-3H3;2-4H,1H3/b;3-2+. The van der Waals surface area contributed by atoms with Gasteiger partial charge in [-0.3, -0.25) is 4.79 Å². The highest BCUT2D eigenvalue weighted by Gasteiger charge is 2.21. The average molecular weight is 344 g/mol.